The molecule has 3 heteroatoms. The van der Waals surface area contributed by atoms with Crippen molar-refractivity contribution < 1.29 is 8.81 Å². The molecule has 0 aliphatic heterocycles. The van der Waals surface area contributed by atoms with E-state index in [2.05, 4.69) is 20.8 Å². The number of hydrogen-bond acceptors (Lipinski definition) is 2. The maximum Gasteiger partial charge on any atom is 0.134 e. The number of hydrogen-bond donors (Lipinski definition) is 1. The molecule has 3 unspecified atom stereocenters. The van der Waals surface area contributed by atoms with E-state index in [4.69, 9.17) is 10.2 Å². The van der Waals surface area contributed by atoms with E-state index < -0.39 is 0 Å². The van der Waals surface area contributed by atoms with Crippen LogP contribution < -0.4 is 5.73 Å². The van der Waals surface area contributed by atoms with Crippen LogP contribution in [0.2, 0.25) is 0 Å². The molecule has 1 fully saturated rings. The second-order valence-electron chi connectivity index (χ2n) is 7.48. The molecule has 0 spiro atoms. The van der Waals surface area contributed by atoms with Crippen LogP contribution in [0.5, 0.6) is 0 Å². The summed E-state index contributed by atoms with van der Waals surface area (Å²) < 4.78 is 19.3. The van der Waals surface area contributed by atoms with Gasteiger partial charge in [0.15, 0.2) is 0 Å². The van der Waals surface area contributed by atoms with Crippen LogP contribution in [0.15, 0.2) is 28.7 Å². The molecule has 1 aromatic heterocycles. The normalized spacial score (nSPS) is 27.2. The molecule has 1 aromatic carbocycles. The molecule has 0 bridgehead atoms. The summed E-state index contributed by atoms with van der Waals surface area (Å²) in [5.41, 5.74) is 7.37. The summed E-state index contributed by atoms with van der Waals surface area (Å²) in [6, 6.07) is 6.76. The molecule has 3 atom stereocenters. The van der Waals surface area contributed by atoms with Gasteiger partial charge in [0.05, 0.1) is 0 Å². The predicted octanol–water partition coefficient (Wildman–Crippen LogP) is 4.83. The van der Waals surface area contributed by atoms with Crippen LogP contribution >= 0.6 is 0 Å². The highest BCUT2D eigenvalue weighted by molar-refractivity contribution is 5.78. The second kappa shape index (κ2) is 5.13. The first-order chi connectivity index (χ1) is 9.84. The quantitative estimate of drug-likeness (QED) is 0.816. The minimum Gasteiger partial charge on any atom is -0.461 e. The van der Waals surface area contributed by atoms with E-state index in [0.29, 0.717) is 5.92 Å². The summed E-state index contributed by atoms with van der Waals surface area (Å²) in [6.45, 7) is 6.87. The first-order valence-corrected chi connectivity index (χ1v) is 7.79. The highest BCUT2D eigenvalue weighted by Crippen LogP contribution is 2.44. The van der Waals surface area contributed by atoms with Gasteiger partial charge in [0, 0.05) is 17.3 Å². The zero-order valence-electron chi connectivity index (χ0n) is 13.0. The third-order valence-electron chi connectivity index (χ3n) is 4.99. The Morgan fingerprint density at radius 2 is 1.95 bits per heavy atom. The van der Waals surface area contributed by atoms with Crippen molar-refractivity contribution in [2.75, 3.05) is 0 Å². The monoisotopic (exact) mass is 289 g/mol. The van der Waals surface area contributed by atoms with Crippen LogP contribution in [0.25, 0.3) is 11.0 Å². The predicted molar refractivity (Wildman–Crippen MR) is 83.7 cm³/mol. The molecule has 114 valence electrons. The Kier molecular flexibility index (Phi) is 3.56. The molecular weight excluding hydrogens is 265 g/mol. The molecule has 2 aromatic rings. The maximum absolute atomic E-state index is 13.3. The van der Waals surface area contributed by atoms with E-state index in [-0.39, 0.29) is 23.2 Å². The average Bonchev–Trinajstić information content (AvgIpc) is 2.80. The van der Waals surface area contributed by atoms with Crippen LogP contribution in [-0.2, 0) is 0 Å². The number of furan rings is 1. The van der Waals surface area contributed by atoms with Gasteiger partial charge in [-0.05, 0) is 54.9 Å². The van der Waals surface area contributed by atoms with Gasteiger partial charge in [-0.3, -0.25) is 0 Å². The molecule has 1 aliphatic rings. The molecular formula is C18H24FNO. The van der Waals surface area contributed by atoms with Crippen LogP contribution in [0.4, 0.5) is 4.39 Å². The molecule has 0 amide bonds. The van der Waals surface area contributed by atoms with Gasteiger partial charge in [0.25, 0.3) is 0 Å². The highest BCUT2D eigenvalue weighted by Gasteiger charge is 2.36. The molecule has 1 saturated carbocycles. The van der Waals surface area contributed by atoms with Gasteiger partial charge in [-0.25, -0.2) is 4.39 Å². The van der Waals surface area contributed by atoms with Gasteiger partial charge >= 0.3 is 0 Å². The first-order valence-electron chi connectivity index (χ1n) is 7.79. The second-order valence-corrected chi connectivity index (χ2v) is 7.48. The number of rotatable bonds is 1. The highest BCUT2D eigenvalue weighted by atomic mass is 19.1. The van der Waals surface area contributed by atoms with Crippen molar-refractivity contribution in [3.05, 3.63) is 35.8 Å². The summed E-state index contributed by atoms with van der Waals surface area (Å²) in [7, 11) is 0. The number of nitrogens with two attached hydrogens (primary N) is 1. The summed E-state index contributed by atoms with van der Waals surface area (Å²) in [5, 5.41) is 0.829. The fraction of sp³-hybridized carbons (Fsp3) is 0.556. The smallest absolute Gasteiger partial charge is 0.134 e. The lowest BCUT2D eigenvalue weighted by atomic mass is 9.67. The van der Waals surface area contributed by atoms with Crippen molar-refractivity contribution in [2.24, 2.45) is 17.1 Å². The molecule has 2 nitrogen and oxygen atoms in total. The van der Waals surface area contributed by atoms with Crippen molar-refractivity contribution in [1.82, 2.24) is 0 Å². The van der Waals surface area contributed by atoms with Crippen LogP contribution in [0.3, 0.4) is 0 Å². The van der Waals surface area contributed by atoms with E-state index in [1.807, 2.05) is 6.07 Å². The van der Waals surface area contributed by atoms with E-state index in [1.54, 1.807) is 6.07 Å². The zero-order chi connectivity index (χ0) is 15.2. The minimum atomic E-state index is -0.227. The van der Waals surface area contributed by atoms with Gasteiger partial charge in [-0.2, -0.15) is 0 Å². The van der Waals surface area contributed by atoms with Crippen molar-refractivity contribution in [3.63, 3.8) is 0 Å². The van der Waals surface area contributed by atoms with Gasteiger partial charge in [-0.15, -0.1) is 0 Å². The van der Waals surface area contributed by atoms with Gasteiger partial charge in [0.1, 0.15) is 17.2 Å². The van der Waals surface area contributed by atoms with Crippen LogP contribution in [-0.4, -0.2) is 6.04 Å². The van der Waals surface area contributed by atoms with E-state index in [1.165, 1.54) is 18.6 Å². The third kappa shape index (κ3) is 2.84. The number of halogens is 1. The van der Waals surface area contributed by atoms with Crippen molar-refractivity contribution in [2.45, 2.75) is 52.0 Å². The van der Waals surface area contributed by atoms with Crippen molar-refractivity contribution in [3.8, 4) is 0 Å². The van der Waals surface area contributed by atoms with Crippen molar-refractivity contribution in [1.29, 1.82) is 0 Å². The standard InChI is InChI=1S/C18H24FNO/c1-18(2,3)12-4-6-15(20)14(10-12)17-9-11-8-13(19)5-7-16(11)21-17/h5,7-9,12,14-15H,4,6,10,20H2,1-3H3. The lowest BCUT2D eigenvalue weighted by Crippen LogP contribution is -2.38. The fourth-order valence-electron chi connectivity index (χ4n) is 3.53. The Labute approximate surface area is 125 Å². The number of benzene rings is 1. The lowest BCUT2D eigenvalue weighted by molar-refractivity contribution is 0.147. The molecule has 2 N–H and O–H groups in total. The summed E-state index contributed by atoms with van der Waals surface area (Å²) in [5.74, 6) is 1.57. The lowest BCUT2D eigenvalue weighted by Gasteiger charge is -2.39. The summed E-state index contributed by atoms with van der Waals surface area (Å²) in [4.78, 5) is 0. The van der Waals surface area contributed by atoms with E-state index in [0.717, 1.165) is 29.6 Å². The largest absolute Gasteiger partial charge is 0.461 e. The summed E-state index contributed by atoms with van der Waals surface area (Å²) >= 11 is 0. The van der Waals surface area contributed by atoms with Gasteiger partial charge < -0.3 is 10.2 Å². The Morgan fingerprint density at radius 3 is 2.67 bits per heavy atom. The molecule has 0 saturated heterocycles. The van der Waals surface area contributed by atoms with Gasteiger partial charge in [0.2, 0.25) is 0 Å². The maximum atomic E-state index is 13.3. The van der Waals surface area contributed by atoms with Gasteiger partial charge in [-0.1, -0.05) is 20.8 Å². The number of fused-ring (bicyclic) bond motifs is 1. The Balaban J connectivity index is 1.92. The van der Waals surface area contributed by atoms with Crippen LogP contribution in [0.1, 0.15) is 51.7 Å². The zero-order valence-corrected chi connectivity index (χ0v) is 13.0. The Hall–Kier alpha value is -1.35. The van der Waals surface area contributed by atoms with Crippen molar-refractivity contribution >= 4 is 11.0 Å². The molecule has 3 rings (SSSR count). The summed E-state index contributed by atoms with van der Waals surface area (Å²) in [6.07, 6.45) is 3.25. The first kappa shape index (κ1) is 14.6. The molecule has 0 radical (unpaired) electrons. The molecule has 1 heterocycles. The Morgan fingerprint density at radius 1 is 1.19 bits per heavy atom. The molecule has 1 aliphatic carbocycles. The minimum absolute atomic E-state index is 0.133. The fourth-order valence-corrected chi connectivity index (χ4v) is 3.53. The van der Waals surface area contributed by atoms with E-state index in [9.17, 15) is 4.39 Å². The Bertz CT molecular complexity index is 640. The third-order valence-corrected chi connectivity index (χ3v) is 4.99. The van der Waals surface area contributed by atoms with Crippen LogP contribution in [0, 0.1) is 17.2 Å². The van der Waals surface area contributed by atoms with E-state index >= 15 is 0 Å². The molecule has 21 heavy (non-hydrogen) atoms. The topological polar surface area (TPSA) is 39.2 Å². The average molecular weight is 289 g/mol. The SMILES string of the molecule is CC(C)(C)C1CCC(N)C(c2cc3cc(F)ccc3o2)C1.